The third-order valence-electron chi connectivity index (χ3n) is 4.44. The predicted octanol–water partition coefficient (Wildman–Crippen LogP) is 1.96. The van der Waals surface area contributed by atoms with E-state index in [2.05, 4.69) is 19.1 Å². The Morgan fingerprint density at radius 2 is 2.38 bits per heavy atom. The number of rotatable bonds is 6. The molecule has 2 aromatic heterocycles. The van der Waals surface area contributed by atoms with E-state index in [1.165, 1.54) is 11.5 Å². The van der Waals surface area contributed by atoms with E-state index in [0.717, 1.165) is 43.9 Å². The lowest BCUT2D eigenvalue weighted by Crippen LogP contribution is -2.39. The van der Waals surface area contributed by atoms with Gasteiger partial charge < -0.3 is 14.2 Å². The highest BCUT2D eigenvalue weighted by Gasteiger charge is 2.29. The minimum Gasteiger partial charge on any atom is -0.383 e. The molecule has 0 radical (unpaired) electrons. The molecule has 0 unspecified atom stereocenters. The number of piperidine rings is 1. The Hall–Kier alpha value is -1.80. The summed E-state index contributed by atoms with van der Waals surface area (Å²) in [6, 6.07) is 0. The highest BCUT2D eigenvalue weighted by molar-refractivity contribution is 7.08. The van der Waals surface area contributed by atoms with E-state index < -0.39 is 0 Å². The van der Waals surface area contributed by atoms with Gasteiger partial charge in [-0.2, -0.15) is 0 Å². The third kappa shape index (κ3) is 3.49. The van der Waals surface area contributed by atoms with Gasteiger partial charge in [0, 0.05) is 45.1 Å². The number of hydrogen-bond acceptors (Lipinski definition) is 6. The first-order valence-electron chi connectivity index (χ1n) is 8.35. The van der Waals surface area contributed by atoms with Gasteiger partial charge in [0.05, 0.1) is 12.3 Å². The van der Waals surface area contributed by atoms with E-state index in [1.807, 2.05) is 24.2 Å². The highest BCUT2D eigenvalue weighted by Crippen LogP contribution is 2.27. The lowest BCUT2D eigenvalue weighted by molar-refractivity contribution is 0.0706. The molecule has 0 spiro atoms. The number of amides is 1. The Morgan fingerprint density at radius 1 is 1.50 bits per heavy atom. The minimum atomic E-state index is 0.0570. The molecule has 24 heavy (non-hydrogen) atoms. The maximum atomic E-state index is 12.8. The summed E-state index contributed by atoms with van der Waals surface area (Å²) >= 11 is 1.20. The van der Waals surface area contributed by atoms with Gasteiger partial charge in [0.1, 0.15) is 10.7 Å². The average Bonchev–Trinajstić information content (AvgIpc) is 3.28. The molecule has 0 saturated carbocycles. The van der Waals surface area contributed by atoms with E-state index in [9.17, 15) is 4.79 Å². The molecule has 3 rings (SSSR count). The number of nitrogens with zero attached hydrogens (tertiary/aromatic N) is 5. The molecule has 1 aliphatic rings. The van der Waals surface area contributed by atoms with Gasteiger partial charge in [0.15, 0.2) is 0 Å². The van der Waals surface area contributed by atoms with Crippen LogP contribution in [-0.2, 0) is 17.7 Å². The number of imidazole rings is 1. The van der Waals surface area contributed by atoms with Gasteiger partial charge in [-0.05, 0) is 30.8 Å². The van der Waals surface area contributed by atoms with Crippen LogP contribution in [0.5, 0.6) is 0 Å². The number of aryl methyl sites for hydroxylation is 1. The lowest BCUT2D eigenvalue weighted by atomic mass is 9.97. The second-order valence-electron chi connectivity index (χ2n) is 5.96. The van der Waals surface area contributed by atoms with Crippen LogP contribution in [0.3, 0.4) is 0 Å². The minimum absolute atomic E-state index is 0.0570. The molecule has 130 valence electrons. The number of hydrogen-bond donors (Lipinski definition) is 0. The van der Waals surface area contributed by atoms with Crippen molar-refractivity contribution in [2.45, 2.75) is 38.6 Å². The number of carbonyl (C=O) groups excluding carboxylic acids is 1. The zero-order valence-electron chi connectivity index (χ0n) is 14.1. The molecule has 7 nitrogen and oxygen atoms in total. The Morgan fingerprint density at radius 3 is 3.17 bits per heavy atom. The molecule has 1 aliphatic heterocycles. The van der Waals surface area contributed by atoms with Crippen molar-refractivity contribution in [3.8, 4) is 0 Å². The average molecular weight is 349 g/mol. The summed E-state index contributed by atoms with van der Waals surface area (Å²) in [6.07, 6.45) is 6.58. The van der Waals surface area contributed by atoms with Gasteiger partial charge in [-0.1, -0.05) is 11.4 Å². The van der Waals surface area contributed by atoms with Crippen molar-refractivity contribution < 1.29 is 9.53 Å². The first kappa shape index (κ1) is 17.0. The Kier molecular flexibility index (Phi) is 5.57. The number of likely N-dealkylation sites (tertiary alicyclic amines) is 1. The maximum absolute atomic E-state index is 12.8. The van der Waals surface area contributed by atoms with Crippen LogP contribution in [0, 0.1) is 0 Å². The molecule has 8 heteroatoms. The molecular weight excluding hydrogens is 326 g/mol. The number of aromatic nitrogens is 4. The second kappa shape index (κ2) is 7.85. The smallest absolute Gasteiger partial charge is 0.267 e. The summed E-state index contributed by atoms with van der Waals surface area (Å²) in [5.41, 5.74) is 0.800. The van der Waals surface area contributed by atoms with Crippen molar-refractivity contribution in [2.24, 2.45) is 0 Å². The van der Waals surface area contributed by atoms with E-state index in [4.69, 9.17) is 4.74 Å². The number of carbonyl (C=O) groups is 1. The van der Waals surface area contributed by atoms with Gasteiger partial charge in [-0.3, -0.25) is 4.79 Å². The predicted molar refractivity (Wildman–Crippen MR) is 91.3 cm³/mol. The summed E-state index contributed by atoms with van der Waals surface area (Å²) in [6.45, 7) is 4.93. The normalized spacial score (nSPS) is 18.1. The molecule has 2 aromatic rings. The molecule has 0 aromatic carbocycles. The van der Waals surface area contributed by atoms with Crippen molar-refractivity contribution in [3.05, 3.63) is 28.8 Å². The van der Waals surface area contributed by atoms with Gasteiger partial charge in [0.2, 0.25) is 0 Å². The molecule has 1 atom stereocenters. The standard InChI is InChI=1S/C16H23N5O2S/c1-3-13-14(24-19-18-13)16(22)21-7-4-5-12(11-21)15-17-6-8-20(15)9-10-23-2/h6,8,12H,3-5,7,9-11H2,1-2H3/t12-/m1/s1. The van der Waals surface area contributed by atoms with Gasteiger partial charge in [-0.25, -0.2) is 4.98 Å². The van der Waals surface area contributed by atoms with E-state index >= 15 is 0 Å². The highest BCUT2D eigenvalue weighted by atomic mass is 32.1. The fourth-order valence-electron chi connectivity index (χ4n) is 3.18. The van der Waals surface area contributed by atoms with Crippen LogP contribution >= 0.6 is 11.5 Å². The fraction of sp³-hybridized carbons (Fsp3) is 0.625. The first-order valence-corrected chi connectivity index (χ1v) is 9.12. The molecule has 0 aliphatic carbocycles. The van der Waals surface area contributed by atoms with Gasteiger partial charge in [0.25, 0.3) is 5.91 Å². The van der Waals surface area contributed by atoms with Crippen molar-refractivity contribution >= 4 is 17.4 Å². The van der Waals surface area contributed by atoms with Crippen LogP contribution in [-0.4, -0.2) is 56.8 Å². The Labute approximate surface area is 145 Å². The second-order valence-corrected chi connectivity index (χ2v) is 6.72. The molecular formula is C16H23N5O2S. The molecule has 0 bridgehead atoms. The zero-order valence-corrected chi connectivity index (χ0v) is 15.0. The molecule has 1 amide bonds. The summed E-state index contributed by atoms with van der Waals surface area (Å²) in [5, 5.41) is 4.06. The molecule has 3 heterocycles. The van der Waals surface area contributed by atoms with Crippen LogP contribution in [0.4, 0.5) is 0 Å². The summed E-state index contributed by atoms with van der Waals surface area (Å²) in [5.74, 6) is 1.37. The zero-order chi connectivity index (χ0) is 16.9. The Bertz CT molecular complexity index is 684. The SMILES string of the molecule is CCc1nnsc1C(=O)N1CCC[C@@H](c2nccn2CCOC)C1. The van der Waals surface area contributed by atoms with Crippen LogP contribution in [0.25, 0.3) is 0 Å². The maximum Gasteiger partial charge on any atom is 0.267 e. The summed E-state index contributed by atoms with van der Waals surface area (Å²) in [7, 11) is 1.70. The van der Waals surface area contributed by atoms with Crippen molar-refractivity contribution in [2.75, 3.05) is 26.8 Å². The van der Waals surface area contributed by atoms with Crippen molar-refractivity contribution in [1.82, 2.24) is 24.0 Å². The number of methoxy groups -OCH3 is 1. The molecule has 1 fully saturated rings. The van der Waals surface area contributed by atoms with Crippen LogP contribution < -0.4 is 0 Å². The van der Waals surface area contributed by atoms with Crippen LogP contribution in [0.2, 0.25) is 0 Å². The number of ether oxygens (including phenoxy) is 1. The Balaban J connectivity index is 1.73. The largest absolute Gasteiger partial charge is 0.383 e. The first-order chi connectivity index (χ1) is 11.7. The van der Waals surface area contributed by atoms with Crippen LogP contribution in [0.15, 0.2) is 12.4 Å². The lowest BCUT2D eigenvalue weighted by Gasteiger charge is -2.32. The third-order valence-corrected chi connectivity index (χ3v) is 5.20. The molecule has 1 saturated heterocycles. The monoisotopic (exact) mass is 349 g/mol. The van der Waals surface area contributed by atoms with E-state index in [0.29, 0.717) is 18.0 Å². The fourth-order valence-corrected chi connectivity index (χ4v) is 3.90. The summed E-state index contributed by atoms with van der Waals surface area (Å²) in [4.78, 5) is 20.0. The quantitative estimate of drug-likeness (QED) is 0.797. The summed E-state index contributed by atoms with van der Waals surface area (Å²) < 4.78 is 11.2. The van der Waals surface area contributed by atoms with Crippen LogP contribution in [0.1, 0.15) is 46.9 Å². The van der Waals surface area contributed by atoms with Gasteiger partial charge >= 0.3 is 0 Å². The topological polar surface area (TPSA) is 73.1 Å². The van der Waals surface area contributed by atoms with Crippen molar-refractivity contribution in [3.63, 3.8) is 0 Å². The van der Waals surface area contributed by atoms with Crippen molar-refractivity contribution in [1.29, 1.82) is 0 Å². The van der Waals surface area contributed by atoms with E-state index in [-0.39, 0.29) is 11.8 Å². The molecule has 0 N–H and O–H groups in total. The van der Waals surface area contributed by atoms with Gasteiger partial charge in [-0.15, -0.1) is 5.10 Å². The van der Waals surface area contributed by atoms with E-state index in [1.54, 1.807) is 7.11 Å².